The van der Waals surface area contributed by atoms with Gasteiger partial charge in [0.15, 0.2) is 5.82 Å². The quantitative estimate of drug-likeness (QED) is 0.768. The first-order chi connectivity index (χ1) is 14.6. The largest absolute Gasteiger partial charge is 0.443 e. The summed E-state index contributed by atoms with van der Waals surface area (Å²) in [4.78, 5) is 25.9. The third-order valence-corrected chi connectivity index (χ3v) is 4.89. The van der Waals surface area contributed by atoms with Crippen LogP contribution >= 0.6 is 0 Å². The van der Waals surface area contributed by atoms with Crippen molar-refractivity contribution < 1.29 is 23.1 Å². The second-order valence-corrected chi connectivity index (χ2v) is 8.58. The van der Waals surface area contributed by atoms with Crippen LogP contribution in [0.25, 0.3) is 11.3 Å². The molecule has 7 nitrogen and oxygen atoms in total. The minimum Gasteiger partial charge on any atom is -0.443 e. The Bertz CT molecular complexity index is 954. The van der Waals surface area contributed by atoms with Crippen molar-refractivity contribution in [2.45, 2.75) is 45.4 Å². The van der Waals surface area contributed by atoms with Crippen molar-refractivity contribution in [1.29, 1.82) is 0 Å². The maximum atomic E-state index is 14.3. The molecule has 0 radical (unpaired) electrons. The Balaban J connectivity index is 1.87. The van der Waals surface area contributed by atoms with E-state index < -0.39 is 23.7 Å². The Morgan fingerprint density at radius 1 is 1.19 bits per heavy atom. The minimum atomic E-state index is -0.852. The molecule has 1 aliphatic carbocycles. The topological polar surface area (TPSA) is 84.4 Å². The van der Waals surface area contributed by atoms with Crippen molar-refractivity contribution in [1.82, 2.24) is 15.5 Å². The highest BCUT2D eigenvalue weighted by molar-refractivity contribution is 5.95. The molecule has 3 rings (SSSR count). The van der Waals surface area contributed by atoms with Gasteiger partial charge in [-0.2, -0.15) is 0 Å². The lowest BCUT2D eigenvalue weighted by atomic mass is 9.83. The molecule has 9 heteroatoms. The van der Waals surface area contributed by atoms with Crippen LogP contribution in [0, 0.1) is 11.7 Å². The number of anilines is 1. The Labute approximate surface area is 179 Å². The zero-order valence-corrected chi connectivity index (χ0v) is 18.0. The highest BCUT2D eigenvalue weighted by Crippen LogP contribution is 2.32. The van der Waals surface area contributed by atoms with E-state index in [4.69, 9.17) is 4.74 Å². The van der Waals surface area contributed by atoms with Crippen LogP contribution in [0.15, 0.2) is 30.3 Å². The molecule has 1 N–H and O–H groups in total. The zero-order chi connectivity index (χ0) is 22.8. The first-order valence-corrected chi connectivity index (χ1v) is 10.1. The Morgan fingerprint density at radius 2 is 1.90 bits per heavy atom. The maximum Gasteiger partial charge on any atom is 0.416 e. The summed E-state index contributed by atoms with van der Waals surface area (Å²) in [6, 6.07) is 7.00. The number of carbonyl (C=O) groups is 2. The molecular weight excluding hydrogens is 406 g/mol. The predicted molar refractivity (Wildman–Crippen MR) is 112 cm³/mol. The van der Waals surface area contributed by atoms with E-state index in [2.05, 4.69) is 15.5 Å². The van der Waals surface area contributed by atoms with E-state index in [1.807, 2.05) is 0 Å². The Kier molecular flexibility index (Phi) is 6.52. The van der Waals surface area contributed by atoms with Gasteiger partial charge in [0.2, 0.25) is 0 Å². The Morgan fingerprint density at radius 3 is 2.45 bits per heavy atom. The van der Waals surface area contributed by atoms with Crippen LogP contribution in [0.4, 0.5) is 19.4 Å². The maximum absolute atomic E-state index is 14.3. The summed E-state index contributed by atoms with van der Waals surface area (Å²) in [5, 5.41) is 10.6. The van der Waals surface area contributed by atoms with E-state index in [-0.39, 0.29) is 41.0 Å². The van der Waals surface area contributed by atoms with Crippen LogP contribution in [0.5, 0.6) is 0 Å². The highest BCUT2D eigenvalue weighted by atomic mass is 19.1. The number of nitrogens with one attached hydrogen (secondary N) is 1. The van der Waals surface area contributed by atoms with Gasteiger partial charge in [0.1, 0.15) is 17.6 Å². The summed E-state index contributed by atoms with van der Waals surface area (Å²) in [5.41, 5.74) is -0.105. The third-order valence-electron chi connectivity index (χ3n) is 4.89. The lowest BCUT2D eigenvalue weighted by Gasteiger charge is -2.34. The summed E-state index contributed by atoms with van der Waals surface area (Å²) in [6.07, 6.45) is -0.705. The van der Waals surface area contributed by atoms with Crippen LogP contribution in [0.3, 0.4) is 0 Å². The molecule has 2 aromatic rings. The summed E-state index contributed by atoms with van der Waals surface area (Å²) < 4.78 is 33.1. The molecule has 0 spiro atoms. The molecule has 1 aromatic carbocycles. The number of benzene rings is 1. The number of hydrogen-bond donors (Lipinski definition) is 1. The number of amides is 2. The van der Waals surface area contributed by atoms with Crippen molar-refractivity contribution >= 4 is 17.8 Å². The van der Waals surface area contributed by atoms with E-state index in [9.17, 15) is 18.4 Å². The van der Waals surface area contributed by atoms with Gasteiger partial charge in [0.05, 0.1) is 5.69 Å². The molecule has 0 unspecified atom stereocenters. The lowest BCUT2D eigenvalue weighted by Crippen LogP contribution is -2.43. The number of aromatic nitrogens is 2. The van der Waals surface area contributed by atoms with Crippen molar-refractivity contribution in [3.05, 3.63) is 41.7 Å². The van der Waals surface area contributed by atoms with Gasteiger partial charge in [0, 0.05) is 24.7 Å². The fourth-order valence-electron chi connectivity index (χ4n) is 3.26. The van der Waals surface area contributed by atoms with Crippen molar-refractivity contribution in [2.24, 2.45) is 5.92 Å². The molecule has 2 amide bonds. The van der Waals surface area contributed by atoms with E-state index in [0.717, 1.165) is 0 Å². The van der Waals surface area contributed by atoms with Gasteiger partial charge in [-0.05, 0) is 69.9 Å². The molecule has 0 saturated heterocycles. The van der Waals surface area contributed by atoms with Gasteiger partial charge < -0.3 is 10.1 Å². The number of hydrogen-bond acceptors (Lipinski definition) is 5. The SMILES string of the molecule is CNC(=O)c1ccc(F)c(-c2ccc(N(CC3CC(F)C3)C(=O)OC(C)(C)C)nn2)c1. The van der Waals surface area contributed by atoms with Crippen molar-refractivity contribution in [2.75, 3.05) is 18.5 Å². The number of nitrogens with zero attached hydrogens (tertiary/aromatic N) is 3. The number of alkyl halides is 1. The number of halogens is 2. The first kappa shape index (κ1) is 22.6. The number of carbonyl (C=O) groups excluding carboxylic acids is 2. The normalized spacial score (nSPS) is 18.1. The van der Waals surface area contributed by atoms with Gasteiger partial charge in [-0.3, -0.25) is 9.69 Å². The summed E-state index contributed by atoms with van der Waals surface area (Å²) in [5.74, 6) is -0.676. The molecule has 1 aromatic heterocycles. The van der Waals surface area contributed by atoms with Crippen LogP contribution in [0.2, 0.25) is 0 Å². The number of rotatable bonds is 5. The molecule has 0 bridgehead atoms. The second kappa shape index (κ2) is 8.95. The van der Waals surface area contributed by atoms with E-state index in [1.54, 1.807) is 20.8 Å². The lowest BCUT2D eigenvalue weighted by molar-refractivity contribution is 0.0548. The average molecular weight is 432 g/mol. The van der Waals surface area contributed by atoms with Crippen LogP contribution in [0.1, 0.15) is 44.0 Å². The summed E-state index contributed by atoms with van der Waals surface area (Å²) in [7, 11) is 1.48. The molecule has 1 saturated carbocycles. The van der Waals surface area contributed by atoms with Crippen LogP contribution in [-0.4, -0.2) is 47.6 Å². The standard InChI is InChI=1S/C22H26F2N4O3/c1-22(2,3)31-21(30)28(12-13-9-15(23)10-13)19-8-7-18(26-27-19)16-11-14(20(29)25-4)5-6-17(16)24/h5-8,11,13,15H,9-10,12H2,1-4H3,(H,25,29). The van der Waals surface area contributed by atoms with Crippen molar-refractivity contribution in [3.63, 3.8) is 0 Å². The van der Waals surface area contributed by atoms with Crippen LogP contribution in [-0.2, 0) is 4.74 Å². The number of ether oxygens (including phenoxy) is 1. The molecule has 1 aliphatic rings. The second-order valence-electron chi connectivity index (χ2n) is 8.58. The molecule has 166 valence electrons. The third kappa shape index (κ3) is 5.53. The van der Waals surface area contributed by atoms with Gasteiger partial charge >= 0.3 is 6.09 Å². The first-order valence-electron chi connectivity index (χ1n) is 10.1. The fraction of sp³-hybridized carbons (Fsp3) is 0.455. The zero-order valence-electron chi connectivity index (χ0n) is 18.0. The molecule has 1 fully saturated rings. The summed E-state index contributed by atoms with van der Waals surface area (Å²) >= 11 is 0. The van der Waals surface area contributed by atoms with E-state index in [1.165, 1.54) is 42.3 Å². The minimum absolute atomic E-state index is 0.00526. The molecule has 1 heterocycles. The molecule has 0 atom stereocenters. The van der Waals surface area contributed by atoms with Crippen molar-refractivity contribution in [3.8, 4) is 11.3 Å². The highest BCUT2D eigenvalue weighted by Gasteiger charge is 2.34. The fourth-order valence-corrected chi connectivity index (χ4v) is 3.26. The smallest absolute Gasteiger partial charge is 0.416 e. The van der Waals surface area contributed by atoms with Gasteiger partial charge in [-0.15, -0.1) is 10.2 Å². The van der Waals surface area contributed by atoms with Gasteiger partial charge in [0.25, 0.3) is 5.91 Å². The van der Waals surface area contributed by atoms with E-state index >= 15 is 0 Å². The van der Waals surface area contributed by atoms with E-state index in [0.29, 0.717) is 12.8 Å². The van der Waals surface area contributed by atoms with Gasteiger partial charge in [-0.1, -0.05) is 0 Å². The molecule has 31 heavy (non-hydrogen) atoms. The molecule has 0 aliphatic heterocycles. The van der Waals surface area contributed by atoms with Gasteiger partial charge in [-0.25, -0.2) is 13.6 Å². The van der Waals surface area contributed by atoms with Crippen LogP contribution < -0.4 is 10.2 Å². The average Bonchev–Trinajstić information content (AvgIpc) is 2.69. The summed E-state index contributed by atoms with van der Waals surface area (Å²) in [6.45, 7) is 5.51. The monoisotopic (exact) mass is 432 g/mol. The Hall–Kier alpha value is -3.10. The molecular formula is C22H26F2N4O3. The predicted octanol–water partition coefficient (Wildman–Crippen LogP) is 4.13.